The molecule has 152 valence electrons. The second kappa shape index (κ2) is 8.75. The molecule has 1 heterocycles. The third-order valence-electron chi connectivity index (χ3n) is 6.01. The van der Waals surface area contributed by atoms with E-state index >= 15 is 0 Å². The van der Waals surface area contributed by atoms with Gasteiger partial charge in [0.05, 0.1) is 19.9 Å². The second-order valence-electron chi connectivity index (χ2n) is 7.80. The fourth-order valence-electron chi connectivity index (χ4n) is 4.29. The predicted octanol–water partition coefficient (Wildman–Crippen LogP) is 4.61. The molecule has 0 aliphatic carbocycles. The first-order valence-electron chi connectivity index (χ1n) is 10.4. The first kappa shape index (κ1) is 19.6. The van der Waals surface area contributed by atoms with Crippen LogP contribution in [0.3, 0.4) is 0 Å². The Balaban J connectivity index is 1.38. The predicted molar refractivity (Wildman–Crippen MR) is 120 cm³/mol. The van der Waals surface area contributed by atoms with Gasteiger partial charge in [0.1, 0.15) is 11.5 Å². The fraction of sp³-hybridized carbons (Fsp3) is 0.360. The maximum Gasteiger partial charge on any atom is 0.142 e. The van der Waals surface area contributed by atoms with Crippen LogP contribution in [0, 0.1) is 0 Å². The SMILES string of the molecule is COc1ccc2cc(CC(C)N3CCN(c4ccccc4OC)CC3)ccc2c1. The third-order valence-corrected chi connectivity index (χ3v) is 6.01. The lowest BCUT2D eigenvalue weighted by Gasteiger charge is -2.39. The van der Waals surface area contributed by atoms with Gasteiger partial charge < -0.3 is 14.4 Å². The largest absolute Gasteiger partial charge is 0.497 e. The molecule has 1 unspecified atom stereocenters. The van der Waals surface area contributed by atoms with Crippen molar-refractivity contribution in [1.82, 2.24) is 4.90 Å². The highest BCUT2D eigenvalue weighted by atomic mass is 16.5. The number of fused-ring (bicyclic) bond motifs is 1. The average Bonchev–Trinajstić information content (AvgIpc) is 2.78. The smallest absolute Gasteiger partial charge is 0.142 e. The van der Waals surface area contributed by atoms with Crippen LogP contribution in [0.1, 0.15) is 12.5 Å². The Hall–Kier alpha value is -2.72. The van der Waals surface area contributed by atoms with Gasteiger partial charge in [-0.15, -0.1) is 0 Å². The van der Waals surface area contributed by atoms with Gasteiger partial charge in [0.2, 0.25) is 0 Å². The Morgan fingerprint density at radius 1 is 0.828 bits per heavy atom. The van der Waals surface area contributed by atoms with Crippen molar-refractivity contribution in [2.24, 2.45) is 0 Å². The van der Waals surface area contributed by atoms with E-state index < -0.39 is 0 Å². The van der Waals surface area contributed by atoms with Gasteiger partial charge in [0, 0.05) is 32.2 Å². The lowest BCUT2D eigenvalue weighted by molar-refractivity contribution is 0.195. The molecule has 1 atom stereocenters. The zero-order valence-electron chi connectivity index (χ0n) is 17.6. The van der Waals surface area contributed by atoms with E-state index in [0.717, 1.165) is 44.1 Å². The lowest BCUT2D eigenvalue weighted by Crippen LogP contribution is -2.50. The number of benzene rings is 3. The van der Waals surface area contributed by atoms with Crippen LogP contribution in [0.5, 0.6) is 11.5 Å². The highest BCUT2D eigenvalue weighted by molar-refractivity contribution is 5.84. The fourth-order valence-corrected chi connectivity index (χ4v) is 4.29. The molecular formula is C25H30N2O2. The molecule has 0 bridgehead atoms. The van der Waals surface area contributed by atoms with Crippen molar-refractivity contribution < 1.29 is 9.47 Å². The first-order valence-corrected chi connectivity index (χ1v) is 10.4. The van der Waals surface area contributed by atoms with E-state index in [1.165, 1.54) is 22.0 Å². The zero-order chi connectivity index (χ0) is 20.2. The molecule has 4 nitrogen and oxygen atoms in total. The number of anilines is 1. The number of hydrogen-bond acceptors (Lipinski definition) is 4. The number of para-hydroxylation sites is 2. The van der Waals surface area contributed by atoms with Gasteiger partial charge in [-0.05, 0) is 53.9 Å². The average molecular weight is 391 g/mol. The normalized spacial score (nSPS) is 16.0. The molecule has 0 spiro atoms. The van der Waals surface area contributed by atoms with E-state index in [-0.39, 0.29) is 0 Å². The molecule has 1 saturated heterocycles. The highest BCUT2D eigenvalue weighted by Crippen LogP contribution is 2.29. The van der Waals surface area contributed by atoms with Gasteiger partial charge in [0.25, 0.3) is 0 Å². The molecule has 0 saturated carbocycles. The molecule has 0 radical (unpaired) electrons. The van der Waals surface area contributed by atoms with Crippen LogP contribution in [0.2, 0.25) is 0 Å². The van der Waals surface area contributed by atoms with E-state index in [0.29, 0.717) is 6.04 Å². The summed E-state index contributed by atoms with van der Waals surface area (Å²) in [6, 6.07) is 21.9. The van der Waals surface area contributed by atoms with E-state index in [1.54, 1.807) is 14.2 Å². The minimum Gasteiger partial charge on any atom is -0.497 e. The summed E-state index contributed by atoms with van der Waals surface area (Å²) < 4.78 is 10.9. The summed E-state index contributed by atoms with van der Waals surface area (Å²) in [5, 5.41) is 2.50. The van der Waals surface area contributed by atoms with Crippen molar-refractivity contribution in [1.29, 1.82) is 0 Å². The first-order chi connectivity index (χ1) is 14.2. The third kappa shape index (κ3) is 4.33. The van der Waals surface area contributed by atoms with Crippen molar-refractivity contribution in [3.63, 3.8) is 0 Å². The summed E-state index contributed by atoms with van der Waals surface area (Å²) in [6.07, 6.45) is 1.07. The number of piperazine rings is 1. The molecule has 1 aliphatic heterocycles. The van der Waals surface area contributed by atoms with Crippen molar-refractivity contribution in [3.05, 3.63) is 66.2 Å². The van der Waals surface area contributed by atoms with Crippen molar-refractivity contribution in [2.45, 2.75) is 19.4 Å². The van der Waals surface area contributed by atoms with E-state index in [9.17, 15) is 0 Å². The Kier molecular flexibility index (Phi) is 5.91. The summed E-state index contributed by atoms with van der Waals surface area (Å²) in [7, 11) is 3.46. The number of nitrogens with zero attached hydrogens (tertiary/aromatic N) is 2. The Bertz CT molecular complexity index is 964. The maximum absolute atomic E-state index is 5.54. The van der Waals surface area contributed by atoms with Crippen LogP contribution in [-0.4, -0.2) is 51.3 Å². The number of hydrogen-bond donors (Lipinski definition) is 0. The molecule has 0 N–H and O–H groups in total. The van der Waals surface area contributed by atoms with Gasteiger partial charge in [-0.2, -0.15) is 0 Å². The van der Waals surface area contributed by atoms with E-state index in [2.05, 4.69) is 59.2 Å². The summed E-state index contributed by atoms with van der Waals surface area (Å²) in [5.74, 6) is 1.87. The monoisotopic (exact) mass is 390 g/mol. The molecule has 3 aromatic rings. The molecule has 1 aliphatic rings. The van der Waals surface area contributed by atoms with Gasteiger partial charge >= 0.3 is 0 Å². The standard InChI is InChI=1S/C25H30N2O2/c1-19(16-20-8-9-22-18-23(28-2)11-10-21(22)17-20)26-12-14-27(15-13-26)24-6-4-5-7-25(24)29-3/h4-11,17-19H,12-16H2,1-3H3. The van der Waals surface area contributed by atoms with E-state index in [1.807, 2.05) is 18.2 Å². The molecule has 1 fully saturated rings. The maximum atomic E-state index is 5.54. The zero-order valence-corrected chi connectivity index (χ0v) is 17.6. The lowest BCUT2D eigenvalue weighted by atomic mass is 10.0. The molecule has 29 heavy (non-hydrogen) atoms. The minimum atomic E-state index is 0.519. The van der Waals surface area contributed by atoms with Gasteiger partial charge in [-0.1, -0.05) is 36.4 Å². The van der Waals surface area contributed by atoms with Crippen LogP contribution in [0.4, 0.5) is 5.69 Å². The highest BCUT2D eigenvalue weighted by Gasteiger charge is 2.23. The van der Waals surface area contributed by atoms with Crippen molar-refractivity contribution in [2.75, 3.05) is 45.3 Å². The number of rotatable bonds is 6. The Morgan fingerprint density at radius 3 is 2.31 bits per heavy atom. The minimum absolute atomic E-state index is 0.519. The molecule has 3 aromatic carbocycles. The molecule has 0 amide bonds. The van der Waals surface area contributed by atoms with Crippen molar-refractivity contribution >= 4 is 16.5 Å². The Labute approximate surface area is 173 Å². The number of ether oxygens (including phenoxy) is 2. The Morgan fingerprint density at radius 2 is 1.55 bits per heavy atom. The van der Waals surface area contributed by atoms with E-state index in [4.69, 9.17) is 9.47 Å². The van der Waals surface area contributed by atoms with Crippen LogP contribution < -0.4 is 14.4 Å². The van der Waals surface area contributed by atoms with Crippen LogP contribution >= 0.6 is 0 Å². The van der Waals surface area contributed by atoms with Crippen LogP contribution in [0.25, 0.3) is 10.8 Å². The second-order valence-corrected chi connectivity index (χ2v) is 7.80. The van der Waals surface area contributed by atoms with Crippen LogP contribution in [-0.2, 0) is 6.42 Å². The van der Waals surface area contributed by atoms with Crippen LogP contribution in [0.15, 0.2) is 60.7 Å². The van der Waals surface area contributed by atoms with Gasteiger partial charge in [-0.25, -0.2) is 0 Å². The number of methoxy groups -OCH3 is 2. The topological polar surface area (TPSA) is 24.9 Å². The molecule has 4 rings (SSSR count). The summed E-state index contributed by atoms with van der Waals surface area (Å²) in [5.41, 5.74) is 2.59. The van der Waals surface area contributed by atoms with Crippen molar-refractivity contribution in [3.8, 4) is 11.5 Å². The quantitative estimate of drug-likeness (QED) is 0.614. The summed E-state index contributed by atoms with van der Waals surface area (Å²) in [4.78, 5) is 5.04. The van der Waals surface area contributed by atoms with Gasteiger partial charge in [-0.3, -0.25) is 4.90 Å². The molecule has 0 aromatic heterocycles. The summed E-state index contributed by atoms with van der Waals surface area (Å²) >= 11 is 0. The van der Waals surface area contributed by atoms with Gasteiger partial charge in [0.15, 0.2) is 0 Å². The molecule has 4 heteroatoms. The summed E-state index contributed by atoms with van der Waals surface area (Å²) in [6.45, 7) is 6.55. The molecular weight excluding hydrogens is 360 g/mol.